The van der Waals surface area contributed by atoms with Gasteiger partial charge in [0.05, 0.1) is 4.92 Å². The average Bonchev–Trinajstić information content (AvgIpc) is 2.78. The Labute approximate surface area is 187 Å². The first kappa shape index (κ1) is 23.7. The smallest absolute Gasteiger partial charge is 0.339 e. The highest BCUT2D eigenvalue weighted by molar-refractivity contribution is 7.87. The molecule has 1 unspecified atom stereocenters. The van der Waals surface area contributed by atoms with Crippen molar-refractivity contribution in [3.8, 4) is 5.75 Å². The summed E-state index contributed by atoms with van der Waals surface area (Å²) in [7, 11) is -4.25. The van der Waals surface area contributed by atoms with Gasteiger partial charge in [0.15, 0.2) is 0 Å². The summed E-state index contributed by atoms with van der Waals surface area (Å²) >= 11 is 0. The van der Waals surface area contributed by atoms with Crippen LogP contribution in [0.3, 0.4) is 0 Å². The second-order valence-corrected chi connectivity index (χ2v) is 9.64. The van der Waals surface area contributed by atoms with Crippen molar-refractivity contribution in [1.82, 2.24) is 10.2 Å². The van der Waals surface area contributed by atoms with Crippen LogP contribution in [0.5, 0.6) is 5.75 Å². The number of nitro groups is 1. The molecule has 1 amide bonds. The van der Waals surface area contributed by atoms with Gasteiger partial charge < -0.3 is 9.50 Å². The Morgan fingerprint density at radius 2 is 1.88 bits per heavy atom. The van der Waals surface area contributed by atoms with Crippen molar-refractivity contribution in [2.45, 2.75) is 37.6 Å². The van der Waals surface area contributed by atoms with Crippen molar-refractivity contribution in [1.29, 1.82) is 0 Å². The van der Waals surface area contributed by atoms with Crippen LogP contribution in [0.15, 0.2) is 53.4 Å². The first-order valence-corrected chi connectivity index (χ1v) is 11.9. The third-order valence-corrected chi connectivity index (χ3v) is 6.88. The molecule has 0 radical (unpaired) electrons. The molecule has 0 saturated carbocycles. The molecule has 0 aromatic heterocycles. The van der Waals surface area contributed by atoms with Gasteiger partial charge in [-0.2, -0.15) is 8.42 Å². The number of nitro benzene ring substituents is 1. The van der Waals surface area contributed by atoms with Crippen LogP contribution >= 0.6 is 0 Å². The monoisotopic (exact) mass is 461 g/mol. The molecule has 0 bridgehead atoms. The van der Waals surface area contributed by atoms with E-state index >= 15 is 0 Å². The number of nitrogens with zero attached hydrogens (tertiary/aromatic N) is 2. The zero-order chi connectivity index (χ0) is 23.3. The molecule has 32 heavy (non-hydrogen) atoms. The van der Waals surface area contributed by atoms with E-state index in [4.69, 9.17) is 4.18 Å². The van der Waals surface area contributed by atoms with Crippen molar-refractivity contribution in [2.75, 3.05) is 19.6 Å². The van der Waals surface area contributed by atoms with Gasteiger partial charge in [-0.05, 0) is 69.1 Å². The van der Waals surface area contributed by atoms with Gasteiger partial charge in [-0.3, -0.25) is 19.8 Å². The Balaban J connectivity index is 1.58. The average molecular weight is 462 g/mol. The first-order valence-electron chi connectivity index (χ1n) is 10.5. The van der Waals surface area contributed by atoms with Crippen molar-refractivity contribution >= 4 is 21.7 Å². The molecule has 0 spiro atoms. The van der Waals surface area contributed by atoms with Crippen molar-refractivity contribution in [3.05, 3.63) is 64.2 Å². The number of hydrogen-bond acceptors (Lipinski definition) is 7. The molecule has 1 atom stereocenters. The van der Waals surface area contributed by atoms with Gasteiger partial charge in [0.2, 0.25) is 0 Å². The lowest BCUT2D eigenvalue weighted by molar-refractivity contribution is -0.385. The number of likely N-dealkylation sites (tertiary alicyclic amines) is 1. The fraction of sp³-hybridized carbons (Fsp3) is 0.409. The van der Waals surface area contributed by atoms with Crippen LogP contribution in [0.1, 0.15) is 37.0 Å². The van der Waals surface area contributed by atoms with E-state index in [1.165, 1.54) is 55.3 Å². The van der Waals surface area contributed by atoms with Gasteiger partial charge in [0, 0.05) is 30.3 Å². The molecule has 1 N–H and O–H groups in total. The van der Waals surface area contributed by atoms with Crippen molar-refractivity contribution in [3.63, 3.8) is 0 Å². The lowest BCUT2D eigenvalue weighted by Crippen LogP contribution is -2.45. The summed E-state index contributed by atoms with van der Waals surface area (Å²) in [6.45, 7) is 6.93. The largest absolute Gasteiger partial charge is 0.379 e. The van der Waals surface area contributed by atoms with Gasteiger partial charge >= 0.3 is 10.1 Å². The van der Waals surface area contributed by atoms with E-state index in [0.29, 0.717) is 12.1 Å². The zero-order valence-electron chi connectivity index (χ0n) is 18.1. The molecular weight excluding hydrogens is 434 g/mol. The molecular formula is C22H27N3O6S. The summed E-state index contributed by atoms with van der Waals surface area (Å²) in [5.41, 5.74) is 0.0274. The fourth-order valence-electron chi connectivity index (χ4n) is 3.53. The van der Waals surface area contributed by atoms with E-state index in [0.717, 1.165) is 25.1 Å². The van der Waals surface area contributed by atoms with Crippen LogP contribution in [-0.4, -0.2) is 49.8 Å². The Morgan fingerprint density at radius 1 is 1.22 bits per heavy atom. The van der Waals surface area contributed by atoms with E-state index in [-0.39, 0.29) is 28.3 Å². The maximum atomic E-state index is 12.5. The van der Waals surface area contributed by atoms with E-state index in [1.54, 1.807) is 0 Å². The molecule has 1 aliphatic rings. The third kappa shape index (κ3) is 6.04. The summed E-state index contributed by atoms with van der Waals surface area (Å²) < 4.78 is 29.9. The number of carbonyl (C=O) groups excluding carboxylic acids is 1. The summed E-state index contributed by atoms with van der Waals surface area (Å²) in [6.07, 6.45) is 2.33. The number of hydrogen-bond donors (Lipinski definition) is 1. The molecule has 10 heteroatoms. The zero-order valence-corrected chi connectivity index (χ0v) is 18.9. The molecule has 3 rings (SSSR count). The third-order valence-electron chi connectivity index (χ3n) is 5.64. The van der Waals surface area contributed by atoms with Crippen LogP contribution in [0.25, 0.3) is 0 Å². The maximum absolute atomic E-state index is 12.5. The Morgan fingerprint density at radius 3 is 2.50 bits per heavy atom. The van der Waals surface area contributed by atoms with Crippen LogP contribution in [0.2, 0.25) is 0 Å². The number of carbonyl (C=O) groups is 1. The summed E-state index contributed by atoms with van der Waals surface area (Å²) in [5, 5.41) is 13.8. The Hall–Kier alpha value is -2.98. The predicted octanol–water partition coefficient (Wildman–Crippen LogP) is 3.21. The van der Waals surface area contributed by atoms with E-state index in [2.05, 4.69) is 24.1 Å². The van der Waals surface area contributed by atoms with Crippen molar-refractivity contribution in [2.24, 2.45) is 5.92 Å². The predicted molar refractivity (Wildman–Crippen MR) is 119 cm³/mol. The minimum atomic E-state index is -4.25. The highest BCUT2D eigenvalue weighted by atomic mass is 32.2. The summed E-state index contributed by atoms with van der Waals surface area (Å²) in [5.74, 6) is 0.494. The number of amides is 1. The number of non-ortho nitro benzene ring substituents is 1. The quantitative estimate of drug-likeness (QED) is 0.364. The molecule has 0 aliphatic carbocycles. The molecule has 2 aromatic rings. The van der Waals surface area contributed by atoms with Gasteiger partial charge in [0.25, 0.3) is 11.6 Å². The van der Waals surface area contributed by atoms with E-state index in [9.17, 15) is 23.3 Å². The topological polar surface area (TPSA) is 119 Å². The highest BCUT2D eigenvalue weighted by Crippen LogP contribution is 2.22. The normalized spacial score (nSPS) is 16.3. The minimum absolute atomic E-state index is 0.00357. The number of rotatable bonds is 8. The number of benzene rings is 2. The molecule has 9 nitrogen and oxygen atoms in total. The van der Waals surface area contributed by atoms with E-state index in [1.807, 2.05) is 0 Å². The summed E-state index contributed by atoms with van der Waals surface area (Å²) in [4.78, 5) is 24.7. The minimum Gasteiger partial charge on any atom is -0.379 e. The lowest BCUT2D eigenvalue weighted by atomic mass is 9.98. The molecule has 1 heterocycles. The number of piperidine rings is 1. The molecule has 1 fully saturated rings. The fourth-order valence-corrected chi connectivity index (χ4v) is 4.50. The second kappa shape index (κ2) is 10.1. The van der Waals surface area contributed by atoms with Gasteiger partial charge in [0.1, 0.15) is 10.6 Å². The molecule has 1 aliphatic heterocycles. The van der Waals surface area contributed by atoms with Crippen LogP contribution in [0, 0.1) is 16.0 Å². The Bertz CT molecular complexity index is 1060. The van der Waals surface area contributed by atoms with Crippen molar-refractivity contribution < 1.29 is 22.3 Å². The number of nitrogens with one attached hydrogen (secondary N) is 1. The maximum Gasteiger partial charge on any atom is 0.339 e. The lowest BCUT2D eigenvalue weighted by Gasteiger charge is -2.35. The van der Waals surface area contributed by atoms with Gasteiger partial charge in [-0.1, -0.05) is 13.0 Å². The van der Waals surface area contributed by atoms with Gasteiger partial charge in [-0.25, -0.2) is 0 Å². The Kier molecular flexibility index (Phi) is 7.47. The van der Waals surface area contributed by atoms with Crippen LogP contribution in [-0.2, 0) is 10.1 Å². The SMILES string of the molecule is CC1CCN(C(C)CNC(=O)c2ccc(OS(=O)(=O)c3cccc([N+](=O)[O-])c3)cc2)CC1. The molecule has 172 valence electrons. The summed E-state index contributed by atoms with van der Waals surface area (Å²) in [6, 6.07) is 10.5. The standard InChI is InChI=1S/C22H27N3O6S/c1-16-10-12-24(13-11-16)17(2)15-23-22(26)18-6-8-20(9-7-18)31-32(29,30)21-5-3-4-19(14-21)25(27)28/h3-9,14,16-17H,10-13,15H2,1-2H3,(H,23,26). The van der Waals surface area contributed by atoms with Crippen LogP contribution in [0.4, 0.5) is 5.69 Å². The van der Waals surface area contributed by atoms with E-state index < -0.39 is 15.0 Å². The highest BCUT2D eigenvalue weighted by Gasteiger charge is 2.22. The molecule has 1 saturated heterocycles. The van der Waals surface area contributed by atoms with Crippen LogP contribution < -0.4 is 9.50 Å². The first-order chi connectivity index (χ1) is 15.2. The molecule has 2 aromatic carbocycles. The van der Waals surface area contributed by atoms with Gasteiger partial charge in [-0.15, -0.1) is 0 Å². The second-order valence-electron chi connectivity index (χ2n) is 8.09.